The minimum atomic E-state index is -0.657. The fraction of sp³-hybridized carbons (Fsp3) is 0.348. The van der Waals surface area contributed by atoms with Gasteiger partial charge >= 0.3 is 11.7 Å². The van der Waals surface area contributed by atoms with Crippen molar-refractivity contribution in [1.82, 2.24) is 24.1 Å². The molecule has 0 aliphatic heterocycles. The van der Waals surface area contributed by atoms with E-state index in [1.165, 1.54) is 4.57 Å². The molecule has 0 atom stereocenters. The van der Waals surface area contributed by atoms with Crippen molar-refractivity contribution in [2.45, 2.75) is 52.8 Å². The molecular weight excluding hydrogens is 446 g/mol. The predicted molar refractivity (Wildman–Crippen MR) is 126 cm³/mol. The van der Waals surface area contributed by atoms with Gasteiger partial charge in [0.2, 0.25) is 0 Å². The fourth-order valence-electron chi connectivity index (χ4n) is 3.78. The smallest absolute Gasteiger partial charge is 0.357 e. The Balaban J connectivity index is 1.69. The highest BCUT2D eigenvalue weighted by molar-refractivity contribution is 6.34. The molecule has 4 rings (SSSR count). The van der Waals surface area contributed by atoms with Crippen LogP contribution in [0.3, 0.4) is 0 Å². The molecule has 0 amide bonds. The molecule has 0 aliphatic carbocycles. The molecule has 0 spiro atoms. The highest BCUT2D eigenvalue weighted by Crippen LogP contribution is 2.23. The van der Waals surface area contributed by atoms with E-state index in [0.29, 0.717) is 30.1 Å². The van der Waals surface area contributed by atoms with Gasteiger partial charge in [-0.15, -0.1) is 0 Å². The van der Waals surface area contributed by atoms with Crippen LogP contribution in [0.15, 0.2) is 39.9 Å². The standard InChI is InChI=1S/C23H24ClN5O4/c1-3-5-11-29-20-18(21(30)27-23(29)32)28(10-4-2)17(26-20)13-33-22(31)16-12-14-8-6-7-9-15(14)19(24)25-16/h6-9,12H,3-5,10-11,13H2,1-2H3,(H,27,30,32). The quantitative estimate of drug-likeness (QED) is 0.311. The van der Waals surface area contributed by atoms with Crippen LogP contribution in [0.1, 0.15) is 49.4 Å². The average molecular weight is 470 g/mol. The second-order valence-corrected chi connectivity index (χ2v) is 8.07. The Bertz CT molecular complexity index is 1450. The summed E-state index contributed by atoms with van der Waals surface area (Å²) >= 11 is 6.23. The van der Waals surface area contributed by atoms with Crippen LogP contribution in [0.25, 0.3) is 21.9 Å². The van der Waals surface area contributed by atoms with E-state index in [1.807, 2.05) is 38.1 Å². The lowest BCUT2D eigenvalue weighted by atomic mass is 10.1. The monoisotopic (exact) mass is 469 g/mol. The Kier molecular flexibility index (Phi) is 6.60. The Hall–Kier alpha value is -3.46. The summed E-state index contributed by atoms with van der Waals surface area (Å²) in [6.45, 7) is 4.72. The molecule has 3 aromatic heterocycles. The number of carbonyl (C=O) groups is 1. The van der Waals surface area contributed by atoms with Crippen molar-refractivity contribution in [2.75, 3.05) is 0 Å². The van der Waals surface area contributed by atoms with E-state index in [-0.39, 0.29) is 17.5 Å². The number of fused-ring (bicyclic) bond motifs is 2. The van der Waals surface area contributed by atoms with E-state index in [1.54, 1.807) is 10.6 Å². The first-order chi connectivity index (χ1) is 15.9. The van der Waals surface area contributed by atoms with Crippen molar-refractivity contribution in [3.05, 3.63) is 67.8 Å². The fourth-order valence-corrected chi connectivity index (χ4v) is 4.04. The topological polar surface area (TPSA) is 112 Å². The maximum absolute atomic E-state index is 12.7. The molecule has 4 aromatic rings. The summed E-state index contributed by atoms with van der Waals surface area (Å²) in [6, 6.07) is 8.96. The van der Waals surface area contributed by atoms with Crippen LogP contribution >= 0.6 is 11.6 Å². The molecule has 0 saturated carbocycles. The lowest BCUT2D eigenvalue weighted by Crippen LogP contribution is -2.31. The number of aromatic amines is 1. The molecule has 0 bridgehead atoms. The van der Waals surface area contributed by atoms with Crippen LogP contribution < -0.4 is 11.2 Å². The number of hydrogen-bond acceptors (Lipinski definition) is 6. The summed E-state index contributed by atoms with van der Waals surface area (Å²) in [5.41, 5.74) is -0.339. The van der Waals surface area contributed by atoms with E-state index in [4.69, 9.17) is 16.3 Å². The number of esters is 1. The Labute approximate surface area is 194 Å². The maximum Gasteiger partial charge on any atom is 0.357 e. The predicted octanol–water partition coefficient (Wildman–Crippen LogP) is 3.66. The third-order valence-corrected chi connectivity index (χ3v) is 5.67. The summed E-state index contributed by atoms with van der Waals surface area (Å²) in [4.78, 5) is 48.7. The van der Waals surface area contributed by atoms with Crippen molar-refractivity contribution in [3.8, 4) is 0 Å². The van der Waals surface area contributed by atoms with Gasteiger partial charge in [-0.1, -0.05) is 56.1 Å². The minimum absolute atomic E-state index is 0.0783. The van der Waals surface area contributed by atoms with Crippen LogP contribution in [0, 0.1) is 0 Å². The molecule has 3 heterocycles. The van der Waals surface area contributed by atoms with E-state index in [9.17, 15) is 14.4 Å². The van der Waals surface area contributed by atoms with Crippen molar-refractivity contribution < 1.29 is 9.53 Å². The van der Waals surface area contributed by atoms with E-state index >= 15 is 0 Å². The molecule has 172 valence electrons. The first-order valence-electron chi connectivity index (χ1n) is 10.9. The summed E-state index contributed by atoms with van der Waals surface area (Å²) in [6.07, 6.45) is 2.37. The number of nitrogens with zero attached hydrogens (tertiary/aromatic N) is 4. The third-order valence-electron chi connectivity index (χ3n) is 5.38. The molecule has 1 aromatic carbocycles. The number of unbranched alkanes of at least 4 members (excludes halogenated alkanes) is 1. The molecule has 0 aliphatic rings. The molecular formula is C23H24ClN5O4. The van der Waals surface area contributed by atoms with Crippen LogP contribution in [0.5, 0.6) is 0 Å². The summed E-state index contributed by atoms with van der Waals surface area (Å²) in [5, 5.41) is 1.73. The third kappa shape index (κ3) is 4.41. The number of aryl methyl sites for hydroxylation is 2. The first-order valence-corrected chi connectivity index (χ1v) is 11.3. The van der Waals surface area contributed by atoms with Gasteiger partial charge in [-0.2, -0.15) is 0 Å². The zero-order chi connectivity index (χ0) is 23.5. The van der Waals surface area contributed by atoms with Gasteiger partial charge in [0.25, 0.3) is 5.56 Å². The first kappa shape index (κ1) is 22.7. The molecule has 0 radical (unpaired) electrons. The van der Waals surface area contributed by atoms with E-state index in [0.717, 1.165) is 30.0 Å². The maximum atomic E-state index is 12.7. The van der Waals surface area contributed by atoms with Gasteiger partial charge in [0.1, 0.15) is 17.6 Å². The van der Waals surface area contributed by atoms with Crippen molar-refractivity contribution >= 4 is 39.5 Å². The normalized spacial score (nSPS) is 11.4. The lowest BCUT2D eigenvalue weighted by molar-refractivity contribution is 0.0451. The highest BCUT2D eigenvalue weighted by atomic mass is 35.5. The molecule has 0 fully saturated rings. The molecule has 33 heavy (non-hydrogen) atoms. The van der Waals surface area contributed by atoms with Crippen LogP contribution in [-0.2, 0) is 24.4 Å². The van der Waals surface area contributed by atoms with Gasteiger partial charge in [-0.05, 0) is 24.3 Å². The van der Waals surface area contributed by atoms with Gasteiger partial charge in [-0.3, -0.25) is 14.3 Å². The number of H-pyrrole nitrogens is 1. The molecule has 0 unspecified atom stereocenters. The van der Waals surface area contributed by atoms with Gasteiger partial charge < -0.3 is 9.30 Å². The van der Waals surface area contributed by atoms with Crippen LogP contribution in [0.2, 0.25) is 5.15 Å². The number of hydrogen-bond donors (Lipinski definition) is 1. The second kappa shape index (κ2) is 9.58. The van der Waals surface area contributed by atoms with Gasteiger partial charge in [0, 0.05) is 18.5 Å². The highest BCUT2D eigenvalue weighted by Gasteiger charge is 2.20. The molecule has 9 nitrogen and oxygen atoms in total. The number of aromatic nitrogens is 5. The van der Waals surface area contributed by atoms with Crippen LogP contribution in [0.4, 0.5) is 0 Å². The van der Waals surface area contributed by atoms with Gasteiger partial charge in [-0.25, -0.2) is 19.6 Å². The number of imidazole rings is 1. The Morgan fingerprint density at radius 3 is 2.64 bits per heavy atom. The van der Waals surface area contributed by atoms with Gasteiger partial charge in [0.05, 0.1) is 0 Å². The van der Waals surface area contributed by atoms with E-state index in [2.05, 4.69) is 15.0 Å². The number of nitrogens with one attached hydrogen (secondary N) is 1. The number of ether oxygens (including phenoxy) is 1. The number of carbonyl (C=O) groups excluding carboxylic acids is 1. The van der Waals surface area contributed by atoms with Crippen LogP contribution in [-0.4, -0.2) is 30.1 Å². The number of pyridine rings is 1. The summed E-state index contributed by atoms with van der Waals surface area (Å²) < 4.78 is 8.64. The largest absolute Gasteiger partial charge is 0.453 e. The summed E-state index contributed by atoms with van der Waals surface area (Å²) in [5.74, 6) is -0.275. The van der Waals surface area contributed by atoms with Crippen molar-refractivity contribution in [1.29, 1.82) is 0 Å². The minimum Gasteiger partial charge on any atom is -0.453 e. The number of rotatable bonds is 8. The van der Waals surface area contributed by atoms with E-state index < -0.39 is 17.2 Å². The Morgan fingerprint density at radius 2 is 1.88 bits per heavy atom. The zero-order valence-corrected chi connectivity index (χ0v) is 19.2. The van der Waals surface area contributed by atoms with Crippen molar-refractivity contribution in [2.24, 2.45) is 0 Å². The molecule has 10 heteroatoms. The Morgan fingerprint density at radius 1 is 1.09 bits per heavy atom. The molecule has 0 saturated heterocycles. The number of halogens is 1. The SMILES string of the molecule is CCCCn1c(=O)[nH]c(=O)c2c1nc(COC(=O)c1cc3ccccc3c(Cl)n1)n2CCC. The van der Waals surface area contributed by atoms with Gasteiger partial charge in [0.15, 0.2) is 16.9 Å². The van der Waals surface area contributed by atoms with Crippen molar-refractivity contribution in [3.63, 3.8) is 0 Å². The zero-order valence-electron chi connectivity index (χ0n) is 18.4. The number of benzene rings is 1. The molecule has 1 N–H and O–H groups in total. The summed E-state index contributed by atoms with van der Waals surface area (Å²) in [7, 11) is 0. The lowest BCUT2D eigenvalue weighted by Gasteiger charge is -2.09. The second-order valence-electron chi connectivity index (χ2n) is 7.71. The average Bonchev–Trinajstić information content (AvgIpc) is 3.16.